The Hall–Kier alpha value is -1.39. The minimum atomic E-state index is -0.207. The van der Waals surface area contributed by atoms with Crippen molar-refractivity contribution in [1.29, 1.82) is 0 Å². The molecule has 2 rings (SSSR count). The Morgan fingerprint density at radius 1 is 1.53 bits per heavy atom. The third-order valence-corrected chi connectivity index (χ3v) is 3.51. The number of nitrogens with one attached hydrogen (secondary N) is 2. The summed E-state index contributed by atoms with van der Waals surface area (Å²) < 4.78 is 0. The maximum absolute atomic E-state index is 12.3. The van der Waals surface area contributed by atoms with Gasteiger partial charge in [-0.15, -0.1) is 0 Å². The average Bonchev–Trinajstić information content (AvgIpc) is 2.46. The highest BCUT2D eigenvalue weighted by Gasteiger charge is 2.17. The van der Waals surface area contributed by atoms with E-state index in [4.69, 9.17) is 5.11 Å². The van der Waals surface area contributed by atoms with Gasteiger partial charge in [0.2, 0.25) is 0 Å². The highest BCUT2D eigenvalue weighted by atomic mass is 16.3. The monoisotopic (exact) mass is 262 g/mol. The Labute approximate surface area is 114 Å². The maximum Gasteiger partial charge on any atom is 0.179 e. The van der Waals surface area contributed by atoms with Crippen molar-refractivity contribution in [2.75, 3.05) is 25.0 Å². The number of carbonyl (C=O) groups excluding carboxylic acids is 1. The zero-order chi connectivity index (χ0) is 13.7. The van der Waals surface area contributed by atoms with Gasteiger partial charge < -0.3 is 15.7 Å². The molecule has 1 aromatic rings. The number of ketones is 1. The van der Waals surface area contributed by atoms with Crippen LogP contribution in [0.1, 0.15) is 35.7 Å². The number of aryl methyl sites for hydroxylation is 1. The molecule has 0 spiro atoms. The summed E-state index contributed by atoms with van der Waals surface area (Å²) >= 11 is 0. The summed E-state index contributed by atoms with van der Waals surface area (Å²) in [6, 6.07) is 5.70. The number of aliphatic hydroxyl groups excluding tert-OH is 1. The molecule has 0 saturated heterocycles. The van der Waals surface area contributed by atoms with Crippen LogP contribution in [0.15, 0.2) is 18.2 Å². The first-order valence-electron chi connectivity index (χ1n) is 6.97. The molecule has 19 heavy (non-hydrogen) atoms. The molecule has 1 unspecified atom stereocenters. The number of hydrogen-bond acceptors (Lipinski definition) is 4. The molecule has 3 N–H and O–H groups in total. The van der Waals surface area contributed by atoms with E-state index in [0.717, 1.165) is 30.6 Å². The van der Waals surface area contributed by atoms with Crippen molar-refractivity contribution in [3.63, 3.8) is 0 Å². The molecule has 4 heteroatoms. The van der Waals surface area contributed by atoms with E-state index in [2.05, 4.69) is 10.6 Å². The Bertz CT molecular complexity index is 446. The van der Waals surface area contributed by atoms with E-state index in [1.807, 2.05) is 25.1 Å². The first-order valence-corrected chi connectivity index (χ1v) is 6.97. The minimum absolute atomic E-state index is 0.117. The molecule has 1 aliphatic heterocycles. The fourth-order valence-corrected chi connectivity index (χ4v) is 2.37. The number of benzene rings is 1. The summed E-state index contributed by atoms with van der Waals surface area (Å²) in [4.78, 5) is 12.3. The maximum atomic E-state index is 12.3. The molecule has 0 amide bonds. The van der Waals surface area contributed by atoms with E-state index in [1.54, 1.807) is 0 Å². The van der Waals surface area contributed by atoms with E-state index in [0.29, 0.717) is 13.0 Å². The summed E-state index contributed by atoms with van der Waals surface area (Å²) in [5, 5.41) is 15.2. The fourth-order valence-electron chi connectivity index (χ4n) is 2.37. The molecule has 0 aliphatic carbocycles. The van der Waals surface area contributed by atoms with Crippen molar-refractivity contribution in [3.8, 4) is 0 Å². The quantitative estimate of drug-likeness (QED) is 0.538. The molecule has 0 fully saturated rings. The zero-order valence-electron chi connectivity index (χ0n) is 11.4. The van der Waals surface area contributed by atoms with Crippen molar-refractivity contribution in [1.82, 2.24) is 5.32 Å². The zero-order valence-corrected chi connectivity index (χ0v) is 11.4. The Kier molecular flexibility index (Phi) is 4.93. The molecule has 1 aliphatic rings. The second-order valence-electron chi connectivity index (χ2n) is 5.02. The van der Waals surface area contributed by atoms with Crippen LogP contribution in [0.25, 0.3) is 0 Å². The number of rotatable bonds is 6. The standard InChI is InChI=1S/C15H22N2O2/c1-11(16-8-3-9-18)15(19)13-5-6-14-12(10-13)4-2-7-17-14/h5-6,10-11,16-18H,2-4,7-9H2,1H3. The van der Waals surface area contributed by atoms with Gasteiger partial charge in [0.05, 0.1) is 6.04 Å². The van der Waals surface area contributed by atoms with Gasteiger partial charge in [-0.3, -0.25) is 4.79 Å². The van der Waals surface area contributed by atoms with Gasteiger partial charge in [0.15, 0.2) is 5.78 Å². The molecule has 0 aromatic heterocycles. The SMILES string of the molecule is CC(NCCCO)C(=O)c1ccc2c(c1)CCCN2. The summed E-state index contributed by atoms with van der Waals surface area (Å²) in [6.45, 7) is 3.70. The smallest absolute Gasteiger partial charge is 0.179 e. The first-order chi connectivity index (χ1) is 9.22. The van der Waals surface area contributed by atoms with Gasteiger partial charge in [0, 0.05) is 24.4 Å². The summed E-state index contributed by atoms with van der Waals surface area (Å²) in [5.41, 5.74) is 3.16. The van der Waals surface area contributed by atoms with Crippen LogP contribution in [0.3, 0.4) is 0 Å². The van der Waals surface area contributed by atoms with Crippen LogP contribution in [-0.2, 0) is 6.42 Å². The summed E-state index contributed by atoms with van der Waals surface area (Å²) in [6.07, 6.45) is 2.83. The van der Waals surface area contributed by atoms with Crippen molar-refractivity contribution in [2.24, 2.45) is 0 Å². The highest BCUT2D eigenvalue weighted by molar-refractivity contribution is 6.00. The van der Waals surface area contributed by atoms with Crippen LogP contribution in [0.5, 0.6) is 0 Å². The van der Waals surface area contributed by atoms with E-state index in [9.17, 15) is 4.79 Å². The van der Waals surface area contributed by atoms with Gasteiger partial charge in [-0.05, 0) is 56.5 Å². The lowest BCUT2D eigenvalue weighted by molar-refractivity contribution is 0.0950. The van der Waals surface area contributed by atoms with Crippen LogP contribution in [0.4, 0.5) is 5.69 Å². The van der Waals surface area contributed by atoms with Crippen molar-refractivity contribution in [3.05, 3.63) is 29.3 Å². The topological polar surface area (TPSA) is 61.4 Å². The second-order valence-corrected chi connectivity index (χ2v) is 5.02. The van der Waals surface area contributed by atoms with E-state index >= 15 is 0 Å². The van der Waals surface area contributed by atoms with Crippen LogP contribution in [0.2, 0.25) is 0 Å². The van der Waals surface area contributed by atoms with Crippen molar-refractivity contribution < 1.29 is 9.90 Å². The van der Waals surface area contributed by atoms with Gasteiger partial charge in [-0.2, -0.15) is 0 Å². The van der Waals surface area contributed by atoms with Gasteiger partial charge in [-0.1, -0.05) is 0 Å². The highest BCUT2D eigenvalue weighted by Crippen LogP contribution is 2.23. The van der Waals surface area contributed by atoms with Gasteiger partial charge in [0.25, 0.3) is 0 Å². The van der Waals surface area contributed by atoms with E-state index < -0.39 is 0 Å². The molecular formula is C15H22N2O2. The summed E-state index contributed by atoms with van der Waals surface area (Å²) in [7, 11) is 0. The third kappa shape index (κ3) is 3.55. The number of aliphatic hydroxyl groups is 1. The molecule has 1 aromatic carbocycles. The number of carbonyl (C=O) groups is 1. The number of fused-ring (bicyclic) bond motifs is 1. The summed E-state index contributed by atoms with van der Waals surface area (Å²) in [5.74, 6) is 0.117. The number of Topliss-reactive ketones (excluding diaryl/α,β-unsaturated/α-hetero) is 1. The minimum Gasteiger partial charge on any atom is -0.396 e. The molecule has 4 nitrogen and oxygen atoms in total. The van der Waals surface area contributed by atoms with E-state index in [1.165, 1.54) is 5.56 Å². The van der Waals surface area contributed by atoms with Crippen molar-refractivity contribution >= 4 is 11.5 Å². The molecule has 0 bridgehead atoms. The Balaban J connectivity index is 2.02. The lowest BCUT2D eigenvalue weighted by atomic mass is 9.97. The third-order valence-electron chi connectivity index (χ3n) is 3.51. The Morgan fingerprint density at radius 2 is 2.37 bits per heavy atom. The fraction of sp³-hybridized carbons (Fsp3) is 0.533. The molecule has 104 valence electrons. The molecule has 0 radical (unpaired) electrons. The van der Waals surface area contributed by atoms with Crippen LogP contribution in [-0.4, -0.2) is 36.6 Å². The molecule has 1 atom stereocenters. The number of hydrogen-bond donors (Lipinski definition) is 3. The normalized spacial score (nSPS) is 15.5. The van der Waals surface area contributed by atoms with Gasteiger partial charge in [0.1, 0.15) is 0 Å². The lowest BCUT2D eigenvalue weighted by Gasteiger charge is -2.19. The van der Waals surface area contributed by atoms with Gasteiger partial charge >= 0.3 is 0 Å². The molecular weight excluding hydrogens is 240 g/mol. The van der Waals surface area contributed by atoms with Crippen LogP contribution in [0, 0.1) is 0 Å². The molecule has 1 heterocycles. The Morgan fingerprint density at radius 3 is 3.16 bits per heavy atom. The predicted molar refractivity (Wildman–Crippen MR) is 76.8 cm³/mol. The first kappa shape index (κ1) is 14.0. The van der Waals surface area contributed by atoms with Crippen LogP contribution < -0.4 is 10.6 Å². The lowest BCUT2D eigenvalue weighted by Crippen LogP contribution is -2.35. The van der Waals surface area contributed by atoms with Gasteiger partial charge in [-0.25, -0.2) is 0 Å². The van der Waals surface area contributed by atoms with Crippen LogP contribution >= 0.6 is 0 Å². The van der Waals surface area contributed by atoms with E-state index in [-0.39, 0.29) is 18.4 Å². The largest absolute Gasteiger partial charge is 0.396 e. The molecule has 0 saturated carbocycles. The second kappa shape index (κ2) is 6.68. The predicted octanol–water partition coefficient (Wildman–Crippen LogP) is 1.59. The average molecular weight is 262 g/mol. The number of anilines is 1. The van der Waals surface area contributed by atoms with Crippen molar-refractivity contribution in [2.45, 2.75) is 32.2 Å².